The summed E-state index contributed by atoms with van der Waals surface area (Å²) in [6, 6.07) is 8.34. The highest BCUT2D eigenvalue weighted by Crippen LogP contribution is 2.27. The number of fused-ring (bicyclic) bond motifs is 1. The molecule has 7 heteroatoms. The van der Waals surface area contributed by atoms with E-state index >= 15 is 0 Å². The molecule has 4 nitrogen and oxygen atoms in total. The Hall–Kier alpha value is -1.37. The zero-order chi connectivity index (χ0) is 15.1. The minimum absolute atomic E-state index is 0.186. The van der Waals surface area contributed by atoms with Gasteiger partial charge in [-0.15, -0.1) is 0 Å². The fraction of sp³-hybridized carbons (Fsp3) is 0. The Kier molecular flexibility index (Phi) is 3.77. The number of carbonyl (C=O) groups is 1. The van der Waals surface area contributed by atoms with Gasteiger partial charge in [-0.05, 0) is 46.3 Å². The predicted molar refractivity (Wildman–Crippen MR) is 89.2 cm³/mol. The van der Waals surface area contributed by atoms with E-state index in [0.717, 1.165) is 4.47 Å². The maximum atomic E-state index is 12.6. The summed E-state index contributed by atoms with van der Waals surface area (Å²) in [5.41, 5.74) is 1.81. The number of hydrogen-bond donors (Lipinski definition) is 2. The first-order valence-electron chi connectivity index (χ1n) is 5.86. The Morgan fingerprint density at radius 2 is 1.67 bits per heavy atom. The summed E-state index contributed by atoms with van der Waals surface area (Å²) in [5.74, 6) is -0.186. The number of aromatic nitrogens is 2. The number of aromatic amines is 2. The molecule has 2 N–H and O–H groups in total. The van der Waals surface area contributed by atoms with Crippen LogP contribution in [0.5, 0.6) is 0 Å². The Morgan fingerprint density at radius 3 is 2.33 bits per heavy atom. The second-order valence-electron chi connectivity index (χ2n) is 4.44. The molecule has 2 aromatic carbocycles. The summed E-state index contributed by atoms with van der Waals surface area (Å²) in [6.45, 7) is 0. The molecular formula is C14H7Br2ClN2O2. The first-order chi connectivity index (χ1) is 9.94. The molecule has 1 heterocycles. The van der Waals surface area contributed by atoms with Gasteiger partial charge in [0.25, 0.3) is 0 Å². The van der Waals surface area contributed by atoms with Gasteiger partial charge in [-0.2, -0.15) is 0 Å². The Morgan fingerprint density at radius 1 is 1.00 bits per heavy atom. The van der Waals surface area contributed by atoms with Crippen LogP contribution in [-0.2, 0) is 0 Å². The van der Waals surface area contributed by atoms with Crippen LogP contribution < -0.4 is 5.69 Å². The summed E-state index contributed by atoms with van der Waals surface area (Å²) < 4.78 is 1.33. The molecule has 0 unspecified atom stereocenters. The van der Waals surface area contributed by atoms with Crippen molar-refractivity contribution < 1.29 is 4.79 Å². The molecule has 0 spiro atoms. The van der Waals surface area contributed by atoms with Crippen LogP contribution in [0.1, 0.15) is 15.9 Å². The zero-order valence-electron chi connectivity index (χ0n) is 10.3. The van der Waals surface area contributed by atoms with Crippen LogP contribution >= 0.6 is 43.5 Å². The molecule has 0 radical (unpaired) electrons. The molecule has 1 aromatic heterocycles. The molecular weight excluding hydrogens is 423 g/mol. The molecule has 106 valence electrons. The first-order valence-corrected chi connectivity index (χ1v) is 7.83. The Balaban J connectivity index is 2.16. The number of ketones is 1. The third-order valence-electron chi connectivity index (χ3n) is 2.97. The lowest BCUT2D eigenvalue weighted by Crippen LogP contribution is -2.02. The molecule has 0 saturated carbocycles. The maximum Gasteiger partial charge on any atom is 0.323 e. The van der Waals surface area contributed by atoms with Crippen molar-refractivity contribution in [2.45, 2.75) is 0 Å². The van der Waals surface area contributed by atoms with Crippen LogP contribution in [0.2, 0.25) is 5.02 Å². The standard InChI is InChI=1S/C14H7Br2ClN2O2/c15-7-1-6(2-8(17)3-7)13(20)9-4-11-12(5-10(9)16)19-14(21)18-11/h1-5H,(H2,18,19,21). The topological polar surface area (TPSA) is 65.7 Å². The van der Waals surface area contributed by atoms with Gasteiger partial charge in [-0.1, -0.05) is 27.5 Å². The van der Waals surface area contributed by atoms with Crippen molar-refractivity contribution in [3.05, 3.63) is 65.9 Å². The number of benzene rings is 2. The summed E-state index contributed by atoms with van der Waals surface area (Å²) in [4.78, 5) is 29.2. The summed E-state index contributed by atoms with van der Waals surface area (Å²) >= 11 is 12.6. The molecule has 0 aliphatic rings. The van der Waals surface area contributed by atoms with Crippen molar-refractivity contribution in [3.8, 4) is 0 Å². The number of rotatable bonds is 2. The van der Waals surface area contributed by atoms with E-state index in [2.05, 4.69) is 41.8 Å². The van der Waals surface area contributed by atoms with Crippen LogP contribution in [0.4, 0.5) is 0 Å². The lowest BCUT2D eigenvalue weighted by molar-refractivity contribution is 0.103. The maximum absolute atomic E-state index is 12.6. The van der Waals surface area contributed by atoms with Crippen LogP contribution in [0, 0.1) is 0 Å². The van der Waals surface area contributed by atoms with Gasteiger partial charge in [0, 0.05) is 25.1 Å². The van der Waals surface area contributed by atoms with Gasteiger partial charge in [-0.3, -0.25) is 4.79 Å². The second kappa shape index (κ2) is 5.44. The average molecular weight is 430 g/mol. The van der Waals surface area contributed by atoms with Crippen molar-refractivity contribution in [2.24, 2.45) is 0 Å². The van der Waals surface area contributed by atoms with Crippen LogP contribution in [-0.4, -0.2) is 15.8 Å². The summed E-state index contributed by atoms with van der Waals surface area (Å²) in [7, 11) is 0. The quantitative estimate of drug-likeness (QED) is 0.597. The minimum atomic E-state index is -0.313. The number of imidazole rings is 1. The molecule has 0 amide bonds. The second-order valence-corrected chi connectivity index (χ2v) is 6.65. The third kappa shape index (κ3) is 2.84. The lowest BCUT2D eigenvalue weighted by atomic mass is 10.0. The van der Waals surface area contributed by atoms with Gasteiger partial charge in [0.05, 0.1) is 11.0 Å². The normalized spacial score (nSPS) is 11.0. The molecule has 3 aromatic rings. The molecule has 21 heavy (non-hydrogen) atoms. The van der Waals surface area contributed by atoms with Crippen LogP contribution in [0.15, 0.2) is 44.1 Å². The summed E-state index contributed by atoms with van der Waals surface area (Å²) in [6.07, 6.45) is 0. The van der Waals surface area contributed by atoms with E-state index in [-0.39, 0.29) is 11.5 Å². The highest BCUT2D eigenvalue weighted by atomic mass is 79.9. The monoisotopic (exact) mass is 428 g/mol. The number of carbonyl (C=O) groups excluding carboxylic acids is 1. The van der Waals surface area contributed by atoms with Crippen molar-refractivity contribution >= 4 is 60.3 Å². The van der Waals surface area contributed by atoms with Crippen molar-refractivity contribution in [2.75, 3.05) is 0 Å². The largest absolute Gasteiger partial charge is 0.323 e. The molecule has 0 aliphatic carbocycles. The van der Waals surface area contributed by atoms with Gasteiger partial charge in [0.15, 0.2) is 5.78 Å². The van der Waals surface area contributed by atoms with E-state index < -0.39 is 0 Å². The smallest absolute Gasteiger partial charge is 0.306 e. The van der Waals surface area contributed by atoms with E-state index in [1.165, 1.54) is 0 Å². The molecule has 0 atom stereocenters. The van der Waals surface area contributed by atoms with Gasteiger partial charge in [-0.25, -0.2) is 4.79 Å². The average Bonchev–Trinajstić information content (AvgIpc) is 2.75. The number of nitrogens with one attached hydrogen (secondary N) is 2. The van der Waals surface area contributed by atoms with Gasteiger partial charge >= 0.3 is 5.69 Å². The van der Waals surface area contributed by atoms with Gasteiger partial charge in [0.2, 0.25) is 0 Å². The SMILES string of the molecule is O=C(c1cc(Cl)cc(Br)c1)c1cc2[nH]c(=O)[nH]c2cc1Br. The van der Waals surface area contributed by atoms with Crippen LogP contribution in [0.3, 0.4) is 0 Å². The number of H-pyrrole nitrogens is 2. The molecule has 3 rings (SSSR count). The fourth-order valence-corrected chi connectivity index (χ4v) is 3.45. The number of halogens is 3. The molecule has 0 bridgehead atoms. The van der Waals surface area contributed by atoms with E-state index in [1.807, 2.05) is 0 Å². The lowest BCUT2D eigenvalue weighted by Gasteiger charge is -2.06. The van der Waals surface area contributed by atoms with E-state index in [0.29, 0.717) is 31.7 Å². The number of hydrogen-bond acceptors (Lipinski definition) is 2. The Bertz CT molecular complexity index is 910. The first kappa shape index (κ1) is 14.6. The minimum Gasteiger partial charge on any atom is -0.306 e. The molecule has 0 aliphatic heterocycles. The van der Waals surface area contributed by atoms with E-state index in [1.54, 1.807) is 30.3 Å². The third-order valence-corrected chi connectivity index (χ3v) is 4.31. The van der Waals surface area contributed by atoms with E-state index in [9.17, 15) is 9.59 Å². The van der Waals surface area contributed by atoms with Crippen LogP contribution in [0.25, 0.3) is 11.0 Å². The molecule has 0 fully saturated rings. The fourth-order valence-electron chi connectivity index (χ4n) is 2.07. The zero-order valence-corrected chi connectivity index (χ0v) is 14.3. The van der Waals surface area contributed by atoms with Crippen molar-refractivity contribution in [1.82, 2.24) is 9.97 Å². The van der Waals surface area contributed by atoms with Crippen molar-refractivity contribution in [1.29, 1.82) is 0 Å². The molecule has 0 saturated heterocycles. The Labute approximate surface area is 140 Å². The highest BCUT2D eigenvalue weighted by Gasteiger charge is 2.16. The van der Waals surface area contributed by atoms with Gasteiger partial charge in [0.1, 0.15) is 0 Å². The summed E-state index contributed by atoms with van der Waals surface area (Å²) in [5, 5.41) is 0.472. The highest BCUT2D eigenvalue weighted by molar-refractivity contribution is 9.10. The van der Waals surface area contributed by atoms with Crippen molar-refractivity contribution in [3.63, 3.8) is 0 Å². The van der Waals surface area contributed by atoms with E-state index in [4.69, 9.17) is 11.6 Å². The van der Waals surface area contributed by atoms with Gasteiger partial charge < -0.3 is 9.97 Å². The predicted octanol–water partition coefficient (Wildman–Crippen LogP) is 4.27.